The minimum Gasteiger partial charge on any atom is -0.451 e. The molecule has 0 unspecified atom stereocenters. The van der Waals surface area contributed by atoms with Crippen molar-refractivity contribution in [2.75, 3.05) is 10.6 Å². The summed E-state index contributed by atoms with van der Waals surface area (Å²) in [6.45, 7) is 0. The summed E-state index contributed by atoms with van der Waals surface area (Å²) in [7, 11) is 0. The van der Waals surface area contributed by atoms with Gasteiger partial charge in [0.05, 0.1) is 0 Å². The van der Waals surface area contributed by atoms with E-state index >= 15 is 0 Å². The first-order chi connectivity index (χ1) is 15.0. The van der Waals surface area contributed by atoms with E-state index in [2.05, 4.69) is 16.0 Å². The number of carbonyl (C=O) groups is 2. The fourth-order valence-corrected chi connectivity index (χ4v) is 3.33. The molecule has 2 amide bonds. The van der Waals surface area contributed by atoms with Crippen molar-refractivity contribution in [1.29, 1.82) is 0 Å². The maximum atomic E-state index is 12.5. The molecule has 154 valence electrons. The van der Waals surface area contributed by atoms with Crippen molar-refractivity contribution in [3.63, 3.8) is 0 Å². The quantitative estimate of drug-likeness (QED) is 0.360. The van der Waals surface area contributed by atoms with Crippen LogP contribution in [0.25, 0.3) is 11.0 Å². The number of carbonyl (C=O) groups excluding carboxylic acids is 2. The van der Waals surface area contributed by atoms with Gasteiger partial charge in [-0.25, -0.2) is 0 Å². The zero-order valence-electron chi connectivity index (χ0n) is 16.0. The summed E-state index contributed by atoms with van der Waals surface area (Å²) in [4.78, 5) is 24.8. The van der Waals surface area contributed by atoms with Crippen LogP contribution in [0.5, 0.6) is 0 Å². The molecule has 0 aliphatic carbocycles. The topological polar surface area (TPSA) is 83.4 Å². The van der Waals surface area contributed by atoms with E-state index in [-0.39, 0.29) is 22.7 Å². The first-order valence-electron chi connectivity index (χ1n) is 9.26. The van der Waals surface area contributed by atoms with Crippen LogP contribution in [0.1, 0.15) is 20.9 Å². The number of fused-ring (bicyclic) bond motifs is 1. The van der Waals surface area contributed by atoms with Crippen LogP contribution in [-0.2, 0) is 0 Å². The Balaban J connectivity index is 1.40. The smallest absolute Gasteiger partial charge is 0.291 e. The molecule has 0 radical (unpaired) electrons. The molecular formula is C23H16ClN3O3S. The van der Waals surface area contributed by atoms with Crippen LogP contribution >= 0.6 is 23.8 Å². The van der Waals surface area contributed by atoms with Gasteiger partial charge in [-0.2, -0.15) is 0 Å². The molecule has 0 saturated heterocycles. The third kappa shape index (κ3) is 5.09. The molecule has 0 aliphatic rings. The van der Waals surface area contributed by atoms with E-state index in [9.17, 15) is 9.59 Å². The van der Waals surface area contributed by atoms with Crippen LogP contribution in [0, 0.1) is 0 Å². The number of thiocarbonyl (C=S) groups is 1. The summed E-state index contributed by atoms with van der Waals surface area (Å²) < 4.78 is 5.59. The standard InChI is InChI=1S/C23H16ClN3O3S/c24-16-7-3-6-15(11-16)21(28)27-23(31)26-18-9-4-8-17(13-18)25-22(29)20-12-14-5-1-2-10-19(14)30-20/h1-13H,(H,25,29)(H2,26,27,28,31). The number of rotatable bonds is 4. The molecule has 31 heavy (non-hydrogen) atoms. The Hall–Kier alpha value is -3.68. The number of nitrogens with one attached hydrogen (secondary N) is 3. The van der Waals surface area contributed by atoms with E-state index in [4.69, 9.17) is 28.2 Å². The molecule has 4 aromatic rings. The SMILES string of the molecule is O=C(NC(=S)Nc1cccc(NC(=O)c2cc3ccccc3o2)c1)c1cccc(Cl)c1. The van der Waals surface area contributed by atoms with Gasteiger partial charge in [0.25, 0.3) is 11.8 Å². The van der Waals surface area contributed by atoms with Crippen molar-refractivity contribution in [1.82, 2.24) is 5.32 Å². The Morgan fingerprint density at radius 1 is 0.806 bits per heavy atom. The minimum atomic E-state index is -0.380. The molecule has 0 fully saturated rings. The van der Waals surface area contributed by atoms with Crippen molar-refractivity contribution in [2.24, 2.45) is 0 Å². The molecule has 0 aliphatic heterocycles. The summed E-state index contributed by atoms with van der Waals surface area (Å²) in [6.07, 6.45) is 0. The first kappa shape index (κ1) is 20.6. The lowest BCUT2D eigenvalue weighted by molar-refractivity contribution is 0.0975. The van der Waals surface area contributed by atoms with Crippen molar-refractivity contribution < 1.29 is 14.0 Å². The zero-order chi connectivity index (χ0) is 21.8. The van der Waals surface area contributed by atoms with Crippen molar-refractivity contribution in [2.45, 2.75) is 0 Å². The Kier molecular flexibility index (Phi) is 5.97. The molecule has 0 spiro atoms. The maximum absolute atomic E-state index is 12.5. The van der Waals surface area contributed by atoms with Gasteiger partial charge in [-0.15, -0.1) is 0 Å². The number of benzene rings is 3. The molecular weight excluding hydrogens is 434 g/mol. The monoisotopic (exact) mass is 449 g/mol. The van der Waals surface area contributed by atoms with E-state index in [0.29, 0.717) is 27.5 Å². The zero-order valence-corrected chi connectivity index (χ0v) is 17.6. The first-order valence-corrected chi connectivity index (χ1v) is 10.0. The highest BCUT2D eigenvalue weighted by Gasteiger charge is 2.13. The largest absolute Gasteiger partial charge is 0.451 e. The molecule has 1 aromatic heterocycles. The number of para-hydroxylation sites is 1. The lowest BCUT2D eigenvalue weighted by Gasteiger charge is -2.11. The van der Waals surface area contributed by atoms with Gasteiger partial charge in [-0.1, -0.05) is 41.9 Å². The Bertz CT molecular complexity index is 1270. The van der Waals surface area contributed by atoms with Gasteiger partial charge >= 0.3 is 0 Å². The van der Waals surface area contributed by atoms with E-state index < -0.39 is 0 Å². The van der Waals surface area contributed by atoms with Crippen LogP contribution in [0.4, 0.5) is 11.4 Å². The second kappa shape index (κ2) is 8.99. The van der Waals surface area contributed by atoms with E-state index in [1.54, 1.807) is 60.7 Å². The molecule has 0 atom stereocenters. The number of hydrogen-bond donors (Lipinski definition) is 3. The second-order valence-corrected chi connectivity index (χ2v) is 7.45. The molecule has 1 heterocycles. The Labute approximate surface area is 188 Å². The summed E-state index contributed by atoms with van der Waals surface area (Å²) in [5.41, 5.74) is 2.17. The fraction of sp³-hybridized carbons (Fsp3) is 0. The number of furan rings is 1. The molecule has 6 nitrogen and oxygen atoms in total. The van der Waals surface area contributed by atoms with Crippen LogP contribution in [0.3, 0.4) is 0 Å². The van der Waals surface area contributed by atoms with Crippen LogP contribution in [0.15, 0.2) is 83.3 Å². The highest BCUT2D eigenvalue weighted by Crippen LogP contribution is 2.21. The molecule has 4 rings (SSSR count). The Morgan fingerprint density at radius 3 is 2.32 bits per heavy atom. The average molecular weight is 450 g/mol. The summed E-state index contributed by atoms with van der Waals surface area (Å²) in [6, 6.07) is 22.6. The van der Waals surface area contributed by atoms with Crippen molar-refractivity contribution >= 4 is 63.1 Å². The van der Waals surface area contributed by atoms with Crippen LogP contribution < -0.4 is 16.0 Å². The van der Waals surface area contributed by atoms with Crippen LogP contribution in [-0.4, -0.2) is 16.9 Å². The summed E-state index contributed by atoms with van der Waals surface area (Å²) in [5.74, 6) is -0.539. The van der Waals surface area contributed by atoms with Gasteiger partial charge < -0.3 is 15.1 Å². The van der Waals surface area contributed by atoms with E-state index in [1.165, 1.54) is 0 Å². The second-order valence-electron chi connectivity index (χ2n) is 6.60. The third-order valence-electron chi connectivity index (χ3n) is 4.34. The normalized spacial score (nSPS) is 10.5. The molecule has 8 heteroatoms. The predicted molar refractivity (Wildman–Crippen MR) is 126 cm³/mol. The minimum absolute atomic E-state index is 0.116. The van der Waals surface area contributed by atoms with Crippen LogP contribution in [0.2, 0.25) is 5.02 Å². The third-order valence-corrected chi connectivity index (χ3v) is 4.78. The van der Waals surface area contributed by atoms with Gasteiger partial charge in [0.1, 0.15) is 5.58 Å². The highest BCUT2D eigenvalue weighted by molar-refractivity contribution is 7.80. The number of amides is 2. The van der Waals surface area contributed by atoms with Gasteiger partial charge in [-0.3, -0.25) is 14.9 Å². The van der Waals surface area contributed by atoms with E-state index in [0.717, 1.165) is 5.39 Å². The molecule has 0 bridgehead atoms. The fourth-order valence-electron chi connectivity index (χ4n) is 2.93. The van der Waals surface area contributed by atoms with Crippen molar-refractivity contribution in [3.05, 3.63) is 95.2 Å². The molecule has 3 aromatic carbocycles. The van der Waals surface area contributed by atoms with E-state index in [1.807, 2.05) is 18.2 Å². The summed E-state index contributed by atoms with van der Waals surface area (Å²) in [5, 5.41) is 9.73. The molecule has 0 saturated carbocycles. The average Bonchev–Trinajstić information content (AvgIpc) is 3.18. The van der Waals surface area contributed by atoms with Gasteiger partial charge in [-0.05, 0) is 60.7 Å². The lowest BCUT2D eigenvalue weighted by atomic mass is 10.2. The number of halogens is 1. The molecule has 3 N–H and O–H groups in total. The number of hydrogen-bond acceptors (Lipinski definition) is 4. The lowest BCUT2D eigenvalue weighted by Crippen LogP contribution is -2.34. The number of anilines is 2. The Morgan fingerprint density at radius 2 is 1.55 bits per heavy atom. The summed E-state index contributed by atoms with van der Waals surface area (Å²) >= 11 is 11.1. The van der Waals surface area contributed by atoms with Crippen molar-refractivity contribution in [3.8, 4) is 0 Å². The van der Waals surface area contributed by atoms with Gasteiger partial charge in [0.2, 0.25) is 0 Å². The highest BCUT2D eigenvalue weighted by atomic mass is 35.5. The van der Waals surface area contributed by atoms with Gasteiger partial charge in [0, 0.05) is 27.3 Å². The maximum Gasteiger partial charge on any atom is 0.291 e. The predicted octanol–water partition coefficient (Wildman–Crippen LogP) is 5.47. The van der Waals surface area contributed by atoms with Gasteiger partial charge in [0.15, 0.2) is 10.9 Å².